The van der Waals surface area contributed by atoms with E-state index in [4.69, 9.17) is 25.5 Å². The van der Waals surface area contributed by atoms with Gasteiger partial charge in [-0.25, -0.2) is 14.7 Å². The minimum atomic E-state index is -1.92. The highest BCUT2D eigenvalue weighted by Gasteiger charge is 2.53. The van der Waals surface area contributed by atoms with Crippen LogP contribution in [0, 0.1) is 0 Å². The number of oxazole rings is 1. The minimum absolute atomic E-state index is 0.0182. The SMILES string of the molecule is CCCCCCCCCCCCOc1ccc(Cl)cc1NC(=O)C(C(=O)c1cocn1)N1C(=O)C(OCC)N(Cc2ccccc2)C1=O. The van der Waals surface area contributed by atoms with Crippen LogP contribution in [0.1, 0.15) is 94.1 Å². The van der Waals surface area contributed by atoms with Gasteiger partial charge in [0.15, 0.2) is 12.4 Å². The van der Waals surface area contributed by atoms with Crippen LogP contribution < -0.4 is 10.1 Å². The third-order valence-corrected chi connectivity index (χ3v) is 8.33. The Kier molecular flexibility index (Phi) is 14.5. The van der Waals surface area contributed by atoms with Gasteiger partial charge in [-0.3, -0.25) is 19.3 Å². The number of carbonyl (C=O) groups is 4. The summed E-state index contributed by atoms with van der Waals surface area (Å²) in [5.74, 6) is -2.37. The van der Waals surface area contributed by atoms with Gasteiger partial charge in [-0.05, 0) is 37.1 Å². The molecular formula is C36H45ClN4O7. The second kappa shape index (κ2) is 18.9. The molecule has 1 fully saturated rings. The van der Waals surface area contributed by atoms with Crippen LogP contribution in [0.4, 0.5) is 10.5 Å². The zero-order valence-electron chi connectivity index (χ0n) is 27.7. The summed E-state index contributed by atoms with van der Waals surface area (Å²) in [6.07, 6.45) is 12.6. The van der Waals surface area contributed by atoms with Crippen molar-refractivity contribution in [3.8, 4) is 5.75 Å². The van der Waals surface area contributed by atoms with Crippen LogP contribution in [0.2, 0.25) is 5.02 Å². The largest absolute Gasteiger partial charge is 0.491 e. The first-order valence-electron chi connectivity index (χ1n) is 16.8. The number of unbranched alkanes of at least 4 members (excludes halogenated alkanes) is 9. The van der Waals surface area contributed by atoms with Gasteiger partial charge in [-0.1, -0.05) is 107 Å². The Balaban J connectivity index is 1.47. The first-order valence-corrected chi connectivity index (χ1v) is 17.2. The van der Waals surface area contributed by atoms with Crippen molar-refractivity contribution >= 4 is 40.9 Å². The van der Waals surface area contributed by atoms with Crippen molar-refractivity contribution in [2.75, 3.05) is 18.5 Å². The third-order valence-electron chi connectivity index (χ3n) is 8.10. The van der Waals surface area contributed by atoms with Crippen LogP contribution in [0.5, 0.6) is 5.75 Å². The summed E-state index contributed by atoms with van der Waals surface area (Å²) in [6.45, 7) is 4.44. The fraction of sp³-hybridized carbons (Fsp3) is 0.472. The normalized spacial score (nSPS) is 15.2. The highest BCUT2D eigenvalue weighted by atomic mass is 35.5. The molecule has 4 rings (SSSR count). The number of benzene rings is 2. The number of hydrogen-bond donors (Lipinski definition) is 1. The molecule has 2 heterocycles. The van der Waals surface area contributed by atoms with E-state index >= 15 is 0 Å². The molecule has 1 saturated heterocycles. The maximum Gasteiger partial charge on any atom is 0.330 e. The molecule has 1 aromatic heterocycles. The standard InChI is InChI=1S/C36H45ClN4O7/c1-3-5-6-7-8-9-10-11-12-16-21-48-30-20-19-27(37)22-28(30)39-33(43)31(32(42)29-24-46-25-38-29)41-34(44)35(47-4-2)40(36(41)45)23-26-17-14-13-15-18-26/h13-15,17-20,22,24-25,31,35H,3-12,16,21,23H2,1-2H3,(H,39,43). The maximum atomic E-state index is 14.0. The smallest absolute Gasteiger partial charge is 0.330 e. The zero-order chi connectivity index (χ0) is 34.3. The number of imide groups is 1. The van der Waals surface area contributed by atoms with Gasteiger partial charge < -0.3 is 19.2 Å². The Morgan fingerprint density at radius 2 is 1.65 bits per heavy atom. The molecule has 4 amide bonds. The van der Waals surface area contributed by atoms with Crippen LogP contribution >= 0.6 is 11.6 Å². The molecule has 0 radical (unpaired) electrons. The molecule has 12 heteroatoms. The summed E-state index contributed by atoms with van der Waals surface area (Å²) in [6, 6.07) is 11.0. The summed E-state index contributed by atoms with van der Waals surface area (Å²) in [4.78, 5) is 61.0. The monoisotopic (exact) mass is 680 g/mol. The van der Waals surface area contributed by atoms with E-state index in [2.05, 4.69) is 17.2 Å². The topological polar surface area (TPSA) is 131 Å². The molecule has 2 aromatic carbocycles. The summed E-state index contributed by atoms with van der Waals surface area (Å²) in [5.41, 5.74) is 0.699. The van der Waals surface area contributed by atoms with Gasteiger partial charge in [0.1, 0.15) is 17.7 Å². The van der Waals surface area contributed by atoms with Gasteiger partial charge in [0.2, 0.25) is 12.0 Å². The molecule has 11 nitrogen and oxygen atoms in total. The molecule has 1 aliphatic heterocycles. The number of nitrogens with one attached hydrogen (secondary N) is 1. The molecule has 258 valence electrons. The van der Waals surface area contributed by atoms with E-state index in [1.807, 2.05) is 6.07 Å². The second-order valence-electron chi connectivity index (χ2n) is 11.7. The van der Waals surface area contributed by atoms with E-state index in [-0.39, 0.29) is 24.5 Å². The van der Waals surface area contributed by atoms with Crippen LogP contribution in [-0.2, 0) is 20.9 Å². The summed E-state index contributed by atoms with van der Waals surface area (Å²) in [7, 11) is 0. The number of Topliss-reactive ketones (excluding diaryl/α,β-unsaturated/α-hetero) is 1. The van der Waals surface area contributed by atoms with E-state index in [0.717, 1.165) is 37.5 Å². The lowest BCUT2D eigenvalue weighted by Gasteiger charge is -2.24. The van der Waals surface area contributed by atoms with Crippen LogP contribution in [0.25, 0.3) is 0 Å². The molecule has 0 saturated carbocycles. The van der Waals surface area contributed by atoms with E-state index in [1.165, 1.54) is 55.9 Å². The molecular weight excluding hydrogens is 636 g/mol. The highest BCUT2D eigenvalue weighted by molar-refractivity contribution is 6.31. The number of ketones is 1. The number of urea groups is 1. The molecule has 0 aliphatic carbocycles. The molecule has 0 bridgehead atoms. The van der Waals surface area contributed by atoms with Crippen molar-refractivity contribution in [2.45, 2.75) is 96.9 Å². The fourth-order valence-electron chi connectivity index (χ4n) is 5.60. The van der Waals surface area contributed by atoms with Gasteiger partial charge in [0.05, 0.1) is 18.8 Å². The number of rotatable bonds is 21. The van der Waals surface area contributed by atoms with Crippen molar-refractivity contribution < 1.29 is 33.1 Å². The molecule has 3 aromatic rings. The van der Waals surface area contributed by atoms with Gasteiger partial charge in [-0.15, -0.1) is 0 Å². The fourth-order valence-corrected chi connectivity index (χ4v) is 5.77. The van der Waals surface area contributed by atoms with Crippen molar-refractivity contribution in [3.63, 3.8) is 0 Å². The number of anilines is 1. The lowest BCUT2D eigenvalue weighted by molar-refractivity contribution is -0.144. The number of nitrogens with zero attached hydrogens (tertiary/aromatic N) is 3. The molecule has 1 N–H and O–H groups in total. The molecule has 0 spiro atoms. The lowest BCUT2D eigenvalue weighted by atomic mass is 10.1. The van der Waals surface area contributed by atoms with E-state index < -0.39 is 35.9 Å². The highest BCUT2D eigenvalue weighted by Crippen LogP contribution is 2.31. The second-order valence-corrected chi connectivity index (χ2v) is 12.1. The number of carbonyl (C=O) groups excluding carboxylic acids is 4. The van der Waals surface area contributed by atoms with Gasteiger partial charge in [0, 0.05) is 11.6 Å². The molecule has 2 unspecified atom stereocenters. The number of ether oxygens (including phenoxy) is 2. The van der Waals surface area contributed by atoms with E-state index in [0.29, 0.717) is 22.3 Å². The predicted molar refractivity (Wildman–Crippen MR) is 182 cm³/mol. The van der Waals surface area contributed by atoms with Crippen molar-refractivity contribution in [2.24, 2.45) is 0 Å². The first kappa shape index (κ1) is 36.6. The number of aromatic nitrogens is 1. The van der Waals surface area contributed by atoms with Gasteiger partial charge >= 0.3 is 6.03 Å². The Morgan fingerprint density at radius 3 is 2.29 bits per heavy atom. The van der Waals surface area contributed by atoms with Gasteiger partial charge in [-0.2, -0.15) is 0 Å². The van der Waals surface area contributed by atoms with Crippen molar-refractivity contribution in [1.29, 1.82) is 0 Å². The average molecular weight is 681 g/mol. The number of halogens is 1. The maximum absolute atomic E-state index is 14.0. The quantitative estimate of drug-likeness (QED) is 0.0525. The predicted octanol–water partition coefficient (Wildman–Crippen LogP) is 7.64. The zero-order valence-corrected chi connectivity index (χ0v) is 28.5. The molecule has 1 aliphatic rings. The Labute approximate surface area is 286 Å². The van der Waals surface area contributed by atoms with Crippen molar-refractivity contribution in [1.82, 2.24) is 14.8 Å². The minimum Gasteiger partial charge on any atom is -0.491 e. The van der Waals surface area contributed by atoms with Crippen LogP contribution in [0.15, 0.2) is 65.6 Å². The number of amides is 4. The molecule has 48 heavy (non-hydrogen) atoms. The Morgan fingerprint density at radius 1 is 0.958 bits per heavy atom. The van der Waals surface area contributed by atoms with Gasteiger partial charge in [0.25, 0.3) is 11.8 Å². The van der Waals surface area contributed by atoms with Crippen LogP contribution in [0.3, 0.4) is 0 Å². The Hall–Kier alpha value is -4.22. The third kappa shape index (κ3) is 9.90. The Bertz CT molecular complexity index is 1480. The van der Waals surface area contributed by atoms with Crippen LogP contribution in [-0.4, -0.2) is 63.9 Å². The summed E-state index contributed by atoms with van der Waals surface area (Å²) >= 11 is 6.28. The average Bonchev–Trinajstić information content (AvgIpc) is 3.70. The number of hydrogen-bond acceptors (Lipinski definition) is 8. The van der Waals surface area contributed by atoms with E-state index in [1.54, 1.807) is 43.3 Å². The lowest BCUT2D eigenvalue weighted by Crippen LogP contribution is -2.52. The van der Waals surface area contributed by atoms with Crippen molar-refractivity contribution in [3.05, 3.63) is 77.5 Å². The van der Waals surface area contributed by atoms with E-state index in [9.17, 15) is 19.2 Å². The first-order chi connectivity index (χ1) is 23.3. The molecule has 2 atom stereocenters. The summed E-state index contributed by atoms with van der Waals surface area (Å²) < 4.78 is 16.7. The summed E-state index contributed by atoms with van der Waals surface area (Å²) in [5, 5.41) is 2.99.